The molecular formula is C23H23N3O3S. The van der Waals surface area contributed by atoms with Crippen LogP contribution in [0.25, 0.3) is 11.3 Å². The highest BCUT2D eigenvalue weighted by atomic mass is 32.1. The molecule has 30 heavy (non-hydrogen) atoms. The lowest BCUT2D eigenvalue weighted by Gasteiger charge is -2.20. The van der Waals surface area contributed by atoms with Gasteiger partial charge in [0.1, 0.15) is 6.54 Å². The maximum absolute atomic E-state index is 12.0. The predicted molar refractivity (Wildman–Crippen MR) is 120 cm³/mol. The molecule has 0 aliphatic carbocycles. The average molecular weight is 422 g/mol. The quantitative estimate of drug-likeness (QED) is 0.508. The van der Waals surface area contributed by atoms with Crippen molar-refractivity contribution in [2.75, 3.05) is 18.0 Å². The molecule has 1 heterocycles. The number of nitrogens with zero attached hydrogens (tertiary/aromatic N) is 2. The van der Waals surface area contributed by atoms with Crippen LogP contribution in [0.5, 0.6) is 0 Å². The lowest BCUT2D eigenvalue weighted by molar-refractivity contribution is -0.135. The van der Waals surface area contributed by atoms with E-state index in [-0.39, 0.29) is 0 Å². The second kappa shape index (κ2) is 9.84. The molecule has 3 aromatic rings. The number of carboxylic acid groups (broad SMARTS) is 1. The summed E-state index contributed by atoms with van der Waals surface area (Å²) in [6, 6.07) is 17.2. The molecule has 1 amide bonds. The number of rotatable bonds is 9. The minimum atomic E-state index is -1.08. The summed E-state index contributed by atoms with van der Waals surface area (Å²) in [6.45, 7) is 6.79. The lowest BCUT2D eigenvalue weighted by atomic mass is 10.1. The summed E-state index contributed by atoms with van der Waals surface area (Å²) < 4.78 is 0. The van der Waals surface area contributed by atoms with Crippen LogP contribution in [0.3, 0.4) is 0 Å². The second-order valence-corrected chi connectivity index (χ2v) is 7.89. The fraction of sp³-hybridized carbons (Fsp3) is 0.174. The van der Waals surface area contributed by atoms with E-state index in [1.165, 1.54) is 0 Å². The van der Waals surface area contributed by atoms with E-state index in [1.807, 2.05) is 36.4 Å². The number of aliphatic carboxylic acids is 1. The monoisotopic (exact) mass is 421 g/mol. The SMILES string of the molecule is C=CCN(Cc1ccc(C(=O)NCC(=O)O)cc1)c1nc(-c2ccccc2)c(C)s1. The molecule has 0 fully saturated rings. The predicted octanol–water partition coefficient (Wildman–Crippen LogP) is 4.13. The Morgan fingerprint density at radius 3 is 2.50 bits per heavy atom. The molecule has 6 nitrogen and oxygen atoms in total. The zero-order valence-electron chi connectivity index (χ0n) is 16.7. The summed E-state index contributed by atoms with van der Waals surface area (Å²) in [6.07, 6.45) is 1.84. The van der Waals surface area contributed by atoms with Crippen molar-refractivity contribution in [3.05, 3.63) is 83.3 Å². The Labute approximate surface area is 179 Å². The Morgan fingerprint density at radius 1 is 1.17 bits per heavy atom. The number of hydrogen-bond acceptors (Lipinski definition) is 5. The number of carbonyl (C=O) groups is 2. The van der Waals surface area contributed by atoms with Crippen LogP contribution in [-0.4, -0.2) is 35.1 Å². The molecule has 0 saturated heterocycles. The fourth-order valence-corrected chi connectivity index (χ4v) is 3.93. The first-order valence-electron chi connectivity index (χ1n) is 9.45. The van der Waals surface area contributed by atoms with E-state index in [2.05, 4.69) is 35.9 Å². The maximum Gasteiger partial charge on any atom is 0.322 e. The van der Waals surface area contributed by atoms with Gasteiger partial charge in [0.15, 0.2) is 5.13 Å². The van der Waals surface area contributed by atoms with E-state index in [0.717, 1.165) is 26.8 Å². The largest absolute Gasteiger partial charge is 0.480 e. The number of anilines is 1. The van der Waals surface area contributed by atoms with Crippen molar-refractivity contribution in [3.8, 4) is 11.3 Å². The third-order valence-electron chi connectivity index (χ3n) is 4.44. The van der Waals surface area contributed by atoms with Crippen LogP contribution in [-0.2, 0) is 11.3 Å². The highest BCUT2D eigenvalue weighted by Crippen LogP contribution is 2.33. The minimum Gasteiger partial charge on any atom is -0.480 e. The molecule has 0 radical (unpaired) electrons. The van der Waals surface area contributed by atoms with E-state index < -0.39 is 18.4 Å². The molecule has 0 spiro atoms. The highest BCUT2D eigenvalue weighted by molar-refractivity contribution is 7.16. The lowest BCUT2D eigenvalue weighted by Crippen LogP contribution is -2.29. The number of aromatic nitrogens is 1. The number of hydrogen-bond donors (Lipinski definition) is 2. The number of carbonyl (C=O) groups excluding carboxylic acids is 1. The first-order chi connectivity index (χ1) is 14.5. The molecule has 1 aromatic heterocycles. The first-order valence-corrected chi connectivity index (χ1v) is 10.3. The molecule has 0 aliphatic heterocycles. The molecule has 0 atom stereocenters. The standard InChI is InChI=1S/C23H23N3O3S/c1-3-13-26(23-25-21(16(2)30-23)18-7-5-4-6-8-18)15-17-9-11-19(12-10-17)22(29)24-14-20(27)28/h3-12H,1,13-15H2,2H3,(H,24,29)(H,27,28). The number of amides is 1. The van der Waals surface area contributed by atoms with Crippen LogP contribution < -0.4 is 10.2 Å². The van der Waals surface area contributed by atoms with Gasteiger partial charge in [0.05, 0.1) is 5.69 Å². The third kappa shape index (κ3) is 5.33. The Bertz CT molecular complexity index is 1030. The molecule has 154 valence electrons. The van der Waals surface area contributed by atoms with Crippen molar-refractivity contribution in [1.82, 2.24) is 10.3 Å². The Kier molecular flexibility index (Phi) is 6.98. The molecule has 7 heteroatoms. The van der Waals surface area contributed by atoms with Gasteiger partial charge in [-0.2, -0.15) is 0 Å². The summed E-state index contributed by atoms with van der Waals surface area (Å²) in [4.78, 5) is 30.7. The average Bonchev–Trinajstić information content (AvgIpc) is 3.14. The van der Waals surface area contributed by atoms with Gasteiger partial charge in [-0.05, 0) is 24.6 Å². The zero-order valence-corrected chi connectivity index (χ0v) is 17.5. The highest BCUT2D eigenvalue weighted by Gasteiger charge is 2.15. The molecule has 0 aliphatic rings. The van der Waals surface area contributed by atoms with Crippen molar-refractivity contribution in [1.29, 1.82) is 0 Å². The van der Waals surface area contributed by atoms with Gasteiger partial charge in [0.25, 0.3) is 5.91 Å². The summed E-state index contributed by atoms with van der Waals surface area (Å²) >= 11 is 1.64. The van der Waals surface area contributed by atoms with Gasteiger partial charge in [-0.3, -0.25) is 9.59 Å². The Morgan fingerprint density at radius 2 is 1.87 bits per heavy atom. The van der Waals surface area contributed by atoms with Crippen LogP contribution in [0.15, 0.2) is 67.3 Å². The number of aryl methyl sites for hydroxylation is 1. The van der Waals surface area contributed by atoms with Gasteiger partial charge in [-0.1, -0.05) is 48.5 Å². The number of nitrogens with one attached hydrogen (secondary N) is 1. The summed E-state index contributed by atoms with van der Waals surface area (Å²) in [7, 11) is 0. The molecule has 0 bridgehead atoms. The first kappa shape index (κ1) is 21.3. The molecular weight excluding hydrogens is 398 g/mol. The van der Waals surface area contributed by atoms with Crippen molar-refractivity contribution < 1.29 is 14.7 Å². The minimum absolute atomic E-state index is 0.402. The van der Waals surface area contributed by atoms with Crippen LogP contribution >= 0.6 is 11.3 Å². The fourth-order valence-electron chi connectivity index (χ4n) is 2.99. The molecule has 0 unspecified atom stereocenters. The van der Waals surface area contributed by atoms with Crippen LogP contribution in [0.2, 0.25) is 0 Å². The zero-order chi connectivity index (χ0) is 21.5. The van der Waals surface area contributed by atoms with Gasteiger partial charge in [-0.25, -0.2) is 4.98 Å². The van der Waals surface area contributed by atoms with Gasteiger partial charge < -0.3 is 15.3 Å². The topological polar surface area (TPSA) is 82.5 Å². The van der Waals surface area contributed by atoms with E-state index in [9.17, 15) is 9.59 Å². The van der Waals surface area contributed by atoms with Gasteiger partial charge in [0, 0.05) is 29.1 Å². The Hall–Kier alpha value is -3.45. The third-order valence-corrected chi connectivity index (χ3v) is 5.47. The molecule has 3 rings (SSSR count). The van der Waals surface area contributed by atoms with Gasteiger partial charge >= 0.3 is 5.97 Å². The number of carboxylic acids is 1. The second-order valence-electron chi connectivity index (χ2n) is 6.71. The number of benzene rings is 2. The Balaban J connectivity index is 1.75. The summed E-state index contributed by atoms with van der Waals surface area (Å²) in [5.74, 6) is -1.48. The van der Waals surface area contributed by atoms with Crippen LogP contribution in [0.1, 0.15) is 20.8 Å². The number of thiazole rings is 1. The summed E-state index contributed by atoms with van der Waals surface area (Å²) in [5.41, 5.74) is 3.51. The van der Waals surface area contributed by atoms with Crippen LogP contribution in [0.4, 0.5) is 5.13 Å². The van der Waals surface area contributed by atoms with Crippen LogP contribution in [0, 0.1) is 6.92 Å². The van der Waals surface area contributed by atoms with E-state index in [0.29, 0.717) is 18.7 Å². The van der Waals surface area contributed by atoms with Crippen molar-refractivity contribution in [3.63, 3.8) is 0 Å². The molecule has 2 aromatic carbocycles. The normalized spacial score (nSPS) is 10.4. The van der Waals surface area contributed by atoms with Crippen molar-refractivity contribution in [2.24, 2.45) is 0 Å². The molecule has 2 N–H and O–H groups in total. The van der Waals surface area contributed by atoms with Gasteiger partial charge in [-0.15, -0.1) is 17.9 Å². The molecule has 0 saturated carbocycles. The van der Waals surface area contributed by atoms with Gasteiger partial charge in [0.2, 0.25) is 0 Å². The maximum atomic E-state index is 12.0. The van der Waals surface area contributed by atoms with Crippen molar-refractivity contribution >= 4 is 28.3 Å². The smallest absolute Gasteiger partial charge is 0.322 e. The van der Waals surface area contributed by atoms with E-state index in [1.54, 1.807) is 23.5 Å². The van der Waals surface area contributed by atoms with Crippen molar-refractivity contribution in [2.45, 2.75) is 13.5 Å². The summed E-state index contributed by atoms with van der Waals surface area (Å²) in [5, 5.41) is 11.9. The van der Waals surface area contributed by atoms with E-state index in [4.69, 9.17) is 10.1 Å². The van der Waals surface area contributed by atoms with E-state index >= 15 is 0 Å².